The average molecular weight is 305 g/mol. The summed E-state index contributed by atoms with van der Waals surface area (Å²) in [6.45, 7) is 5.02. The largest absolute Gasteiger partial charge is 0.389 e. The van der Waals surface area contributed by atoms with E-state index in [0.29, 0.717) is 18.1 Å². The van der Waals surface area contributed by atoms with Gasteiger partial charge >= 0.3 is 0 Å². The molecule has 1 aromatic carbocycles. The number of fused-ring (bicyclic) bond motifs is 1. The Balaban J connectivity index is 1.79. The molecule has 21 heavy (non-hydrogen) atoms. The van der Waals surface area contributed by atoms with Crippen molar-refractivity contribution in [2.75, 3.05) is 0 Å². The number of aliphatic hydroxyl groups excluding tert-OH is 1. The minimum Gasteiger partial charge on any atom is -0.389 e. The predicted octanol–water partition coefficient (Wildman–Crippen LogP) is 2.56. The summed E-state index contributed by atoms with van der Waals surface area (Å²) in [5, 5.41) is 14.9. The Morgan fingerprint density at radius 2 is 2.00 bits per heavy atom. The molecule has 0 unspecified atom stereocenters. The lowest BCUT2D eigenvalue weighted by molar-refractivity contribution is 0.131. The Labute approximate surface area is 127 Å². The summed E-state index contributed by atoms with van der Waals surface area (Å²) in [7, 11) is 0. The molecule has 0 saturated carbocycles. The van der Waals surface area contributed by atoms with Gasteiger partial charge in [-0.3, -0.25) is 4.68 Å². The fourth-order valence-corrected chi connectivity index (χ4v) is 2.55. The molecule has 2 aromatic heterocycles. The van der Waals surface area contributed by atoms with E-state index in [0.717, 1.165) is 11.0 Å². The molecule has 0 saturated heterocycles. The molecule has 6 heteroatoms. The van der Waals surface area contributed by atoms with E-state index >= 15 is 0 Å². The molecule has 1 atom stereocenters. The Kier molecular flexibility index (Phi) is 3.69. The third-order valence-corrected chi connectivity index (χ3v) is 3.84. The van der Waals surface area contributed by atoms with Crippen molar-refractivity contribution < 1.29 is 5.11 Å². The second-order valence-electron chi connectivity index (χ2n) is 5.36. The van der Waals surface area contributed by atoms with Crippen molar-refractivity contribution in [1.29, 1.82) is 0 Å². The molecule has 3 aromatic rings. The average Bonchev–Trinajstić information content (AvgIpc) is 2.98. The van der Waals surface area contributed by atoms with E-state index in [4.69, 9.17) is 11.6 Å². The quantitative estimate of drug-likeness (QED) is 0.806. The van der Waals surface area contributed by atoms with Crippen molar-refractivity contribution >= 4 is 22.6 Å². The number of halogens is 1. The molecular weight excluding hydrogens is 288 g/mol. The van der Waals surface area contributed by atoms with Crippen LogP contribution in [-0.4, -0.2) is 30.5 Å². The summed E-state index contributed by atoms with van der Waals surface area (Å²) in [5.41, 5.74) is 4.43. The van der Waals surface area contributed by atoms with Crippen LogP contribution in [0.1, 0.15) is 11.1 Å². The third kappa shape index (κ3) is 2.94. The number of aliphatic hydroxyl groups is 1. The number of imidazole rings is 1. The molecule has 0 aliphatic heterocycles. The lowest BCUT2D eigenvalue weighted by Gasteiger charge is -2.12. The van der Waals surface area contributed by atoms with Crippen LogP contribution in [0.15, 0.2) is 30.9 Å². The molecule has 0 spiro atoms. The predicted molar refractivity (Wildman–Crippen MR) is 82.5 cm³/mol. The molecule has 0 amide bonds. The Hall–Kier alpha value is -1.85. The van der Waals surface area contributed by atoms with Gasteiger partial charge in [-0.15, -0.1) is 0 Å². The summed E-state index contributed by atoms with van der Waals surface area (Å²) in [4.78, 5) is 4.39. The first kappa shape index (κ1) is 14.1. The van der Waals surface area contributed by atoms with Gasteiger partial charge in [0.1, 0.15) is 0 Å². The maximum Gasteiger partial charge on any atom is 0.0959 e. The van der Waals surface area contributed by atoms with Gasteiger partial charge in [0.15, 0.2) is 0 Å². The van der Waals surface area contributed by atoms with Crippen molar-refractivity contribution in [3.05, 3.63) is 47.0 Å². The van der Waals surface area contributed by atoms with E-state index in [-0.39, 0.29) is 0 Å². The summed E-state index contributed by atoms with van der Waals surface area (Å²) >= 11 is 5.82. The fourth-order valence-electron chi connectivity index (χ4n) is 2.40. The lowest BCUT2D eigenvalue weighted by Crippen LogP contribution is -2.22. The number of aryl methyl sites for hydroxylation is 2. The Bertz CT molecular complexity index is 777. The van der Waals surface area contributed by atoms with Crippen molar-refractivity contribution in [2.24, 2.45) is 0 Å². The zero-order valence-electron chi connectivity index (χ0n) is 12.0. The van der Waals surface area contributed by atoms with Crippen LogP contribution in [0.3, 0.4) is 0 Å². The molecule has 0 aliphatic rings. The van der Waals surface area contributed by atoms with Gasteiger partial charge in [-0.05, 0) is 37.1 Å². The highest BCUT2D eigenvalue weighted by molar-refractivity contribution is 6.30. The summed E-state index contributed by atoms with van der Waals surface area (Å²) in [6, 6.07) is 4.18. The van der Waals surface area contributed by atoms with Crippen LogP contribution >= 0.6 is 11.6 Å². The fraction of sp³-hybridized carbons (Fsp3) is 0.333. The lowest BCUT2D eigenvalue weighted by atomic mass is 10.1. The number of benzene rings is 1. The van der Waals surface area contributed by atoms with Gasteiger partial charge in [0.25, 0.3) is 0 Å². The SMILES string of the molecule is Cc1cc2ncn(C[C@@H](O)Cn3cc(Cl)cn3)c2cc1C. The molecule has 0 fully saturated rings. The van der Waals surface area contributed by atoms with Crippen LogP contribution in [0.25, 0.3) is 11.0 Å². The standard InChI is InChI=1S/C15H17ClN4O/c1-10-3-14-15(4-11(10)2)19(9-17-14)7-13(21)8-20-6-12(16)5-18-20/h3-6,9,13,21H,7-8H2,1-2H3/t13-/m1/s1. The number of rotatable bonds is 4. The highest BCUT2D eigenvalue weighted by Crippen LogP contribution is 2.18. The highest BCUT2D eigenvalue weighted by Gasteiger charge is 2.11. The van der Waals surface area contributed by atoms with Crippen LogP contribution in [0.4, 0.5) is 0 Å². The smallest absolute Gasteiger partial charge is 0.0959 e. The number of aromatic nitrogens is 4. The molecule has 110 valence electrons. The first-order valence-electron chi connectivity index (χ1n) is 6.81. The summed E-state index contributed by atoms with van der Waals surface area (Å²) in [5.74, 6) is 0. The molecule has 0 radical (unpaired) electrons. The monoisotopic (exact) mass is 304 g/mol. The van der Waals surface area contributed by atoms with Crippen molar-refractivity contribution in [1.82, 2.24) is 19.3 Å². The van der Waals surface area contributed by atoms with Gasteiger partial charge in [-0.25, -0.2) is 4.98 Å². The molecule has 1 N–H and O–H groups in total. The maximum atomic E-state index is 10.2. The second kappa shape index (κ2) is 5.50. The van der Waals surface area contributed by atoms with Crippen molar-refractivity contribution in [3.63, 3.8) is 0 Å². The van der Waals surface area contributed by atoms with Crippen LogP contribution < -0.4 is 0 Å². The van der Waals surface area contributed by atoms with E-state index in [9.17, 15) is 5.11 Å². The minimum absolute atomic E-state index is 0.400. The Morgan fingerprint density at radius 3 is 2.71 bits per heavy atom. The number of nitrogens with zero attached hydrogens (tertiary/aromatic N) is 4. The first-order valence-corrected chi connectivity index (χ1v) is 7.19. The van der Waals surface area contributed by atoms with Gasteiger partial charge in [0.2, 0.25) is 0 Å². The molecule has 0 bridgehead atoms. The topological polar surface area (TPSA) is 55.9 Å². The molecule has 5 nitrogen and oxygen atoms in total. The van der Waals surface area contributed by atoms with E-state index < -0.39 is 6.10 Å². The van der Waals surface area contributed by atoms with E-state index in [2.05, 4.69) is 36.1 Å². The number of hydrogen-bond donors (Lipinski definition) is 1. The van der Waals surface area contributed by atoms with E-state index in [1.807, 2.05) is 4.57 Å². The zero-order valence-corrected chi connectivity index (χ0v) is 12.7. The molecule has 3 rings (SSSR count). The molecular formula is C15H17ClN4O. The molecule has 2 heterocycles. The van der Waals surface area contributed by atoms with Gasteiger partial charge in [-0.1, -0.05) is 11.6 Å². The van der Waals surface area contributed by atoms with Crippen molar-refractivity contribution in [3.8, 4) is 0 Å². The van der Waals surface area contributed by atoms with Crippen LogP contribution in [0.5, 0.6) is 0 Å². The highest BCUT2D eigenvalue weighted by atomic mass is 35.5. The Morgan fingerprint density at radius 1 is 1.24 bits per heavy atom. The van der Waals surface area contributed by atoms with E-state index in [1.165, 1.54) is 11.1 Å². The van der Waals surface area contributed by atoms with Crippen LogP contribution in [-0.2, 0) is 13.1 Å². The van der Waals surface area contributed by atoms with Crippen LogP contribution in [0.2, 0.25) is 5.02 Å². The minimum atomic E-state index is -0.556. The summed E-state index contributed by atoms with van der Waals surface area (Å²) < 4.78 is 3.61. The number of hydrogen-bond acceptors (Lipinski definition) is 3. The van der Waals surface area contributed by atoms with Gasteiger partial charge in [0.05, 0.1) is 47.8 Å². The second-order valence-corrected chi connectivity index (χ2v) is 5.79. The normalized spacial score (nSPS) is 13.0. The van der Waals surface area contributed by atoms with Gasteiger partial charge in [-0.2, -0.15) is 5.10 Å². The van der Waals surface area contributed by atoms with Gasteiger partial charge in [0, 0.05) is 6.20 Å². The first-order chi connectivity index (χ1) is 10.0. The van der Waals surface area contributed by atoms with E-state index in [1.54, 1.807) is 23.4 Å². The maximum absolute atomic E-state index is 10.2. The zero-order chi connectivity index (χ0) is 15.0. The summed E-state index contributed by atoms with van der Waals surface area (Å²) in [6.07, 6.45) is 4.47. The van der Waals surface area contributed by atoms with Gasteiger partial charge < -0.3 is 9.67 Å². The van der Waals surface area contributed by atoms with Crippen molar-refractivity contribution in [2.45, 2.75) is 33.0 Å². The van der Waals surface area contributed by atoms with Crippen LogP contribution in [0, 0.1) is 13.8 Å². The molecule has 0 aliphatic carbocycles. The third-order valence-electron chi connectivity index (χ3n) is 3.64.